The number of thioether (sulfide) groups is 1. The summed E-state index contributed by atoms with van der Waals surface area (Å²) in [6, 6.07) is 21.1. The Morgan fingerprint density at radius 1 is 1.00 bits per heavy atom. The molecule has 30 heavy (non-hydrogen) atoms. The first-order chi connectivity index (χ1) is 14.5. The number of pyridine rings is 1. The second kappa shape index (κ2) is 9.93. The second-order valence-electron chi connectivity index (χ2n) is 6.84. The average molecular weight is 422 g/mol. The highest BCUT2D eigenvalue weighted by molar-refractivity contribution is 8.00. The van der Waals surface area contributed by atoms with Gasteiger partial charge in [0, 0.05) is 29.3 Å². The normalized spacial score (nSPS) is 10.6. The van der Waals surface area contributed by atoms with Crippen LogP contribution in [0, 0.1) is 0 Å². The fraction of sp³-hybridized carbons (Fsp3) is 0.174. The predicted molar refractivity (Wildman–Crippen MR) is 121 cm³/mol. The summed E-state index contributed by atoms with van der Waals surface area (Å²) in [4.78, 5) is 29.8. The zero-order chi connectivity index (χ0) is 21.5. The molecule has 0 aliphatic rings. The summed E-state index contributed by atoms with van der Waals surface area (Å²) in [5.74, 6) is -1.21. The van der Waals surface area contributed by atoms with E-state index >= 15 is 0 Å². The van der Waals surface area contributed by atoms with E-state index in [2.05, 4.69) is 41.2 Å². The van der Waals surface area contributed by atoms with Crippen LogP contribution < -0.4 is 10.2 Å². The smallest absolute Gasteiger partial charge is 0.338 e. The van der Waals surface area contributed by atoms with Gasteiger partial charge in [0.1, 0.15) is 5.03 Å². The molecule has 1 amide bonds. The SMILES string of the molecule is CC(C)N(c1ccccc1)c1ccc(NC(=O)CSc2ncccc2C(=O)O)cc1. The van der Waals surface area contributed by atoms with Gasteiger partial charge in [-0.05, 0) is 62.4 Å². The first-order valence-corrected chi connectivity index (χ1v) is 10.5. The zero-order valence-corrected chi connectivity index (χ0v) is 17.6. The Hall–Kier alpha value is -3.32. The van der Waals surface area contributed by atoms with E-state index in [0.717, 1.165) is 23.1 Å². The third-order valence-corrected chi connectivity index (χ3v) is 5.33. The van der Waals surface area contributed by atoms with Crippen LogP contribution in [-0.2, 0) is 4.79 Å². The summed E-state index contributed by atoms with van der Waals surface area (Å²) in [5.41, 5.74) is 2.91. The number of carboxylic acid groups (broad SMARTS) is 1. The van der Waals surface area contributed by atoms with E-state index < -0.39 is 5.97 Å². The minimum atomic E-state index is -1.06. The van der Waals surface area contributed by atoms with E-state index in [1.807, 2.05) is 42.5 Å². The average Bonchev–Trinajstić information content (AvgIpc) is 2.74. The Labute approximate surface area is 180 Å². The molecule has 0 radical (unpaired) electrons. The Balaban J connectivity index is 1.64. The van der Waals surface area contributed by atoms with Crippen LogP contribution in [0.5, 0.6) is 0 Å². The monoisotopic (exact) mass is 421 g/mol. The topological polar surface area (TPSA) is 82.5 Å². The highest BCUT2D eigenvalue weighted by atomic mass is 32.2. The number of rotatable bonds is 8. The fourth-order valence-corrected chi connectivity index (χ4v) is 3.83. The van der Waals surface area contributed by atoms with Crippen LogP contribution in [0.1, 0.15) is 24.2 Å². The molecule has 0 fully saturated rings. The molecule has 154 valence electrons. The van der Waals surface area contributed by atoms with Crippen molar-refractivity contribution in [3.05, 3.63) is 78.5 Å². The van der Waals surface area contributed by atoms with Gasteiger partial charge in [0.15, 0.2) is 0 Å². The molecule has 1 heterocycles. The van der Waals surface area contributed by atoms with Gasteiger partial charge in [0.25, 0.3) is 0 Å². The Morgan fingerprint density at radius 3 is 2.30 bits per heavy atom. The summed E-state index contributed by atoms with van der Waals surface area (Å²) in [5, 5.41) is 12.4. The van der Waals surface area contributed by atoms with Gasteiger partial charge in [-0.1, -0.05) is 30.0 Å². The number of anilines is 3. The molecule has 0 atom stereocenters. The summed E-state index contributed by atoms with van der Waals surface area (Å²) >= 11 is 1.10. The number of para-hydroxylation sites is 1. The number of carbonyl (C=O) groups is 2. The van der Waals surface area contributed by atoms with Crippen LogP contribution in [0.4, 0.5) is 17.1 Å². The second-order valence-corrected chi connectivity index (χ2v) is 7.81. The summed E-state index contributed by atoms with van der Waals surface area (Å²) < 4.78 is 0. The van der Waals surface area contributed by atoms with Crippen molar-refractivity contribution < 1.29 is 14.7 Å². The van der Waals surface area contributed by atoms with Gasteiger partial charge < -0.3 is 15.3 Å². The van der Waals surface area contributed by atoms with E-state index in [9.17, 15) is 14.7 Å². The van der Waals surface area contributed by atoms with Crippen LogP contribution in [-0.4, -0.2) is 33.8 Å². The lowest BCUT2D eigenvalue weighted by molar-refractivity contribution is -0.113. The van der Waals surface area contributed by atoms with Crippen molar-refractivity contribution in [1.29, 1.82) is 0 Å². The van der Waals surface area contributed by atoms with E-state index in [1.165, 1.54) is 12.3 Å². The molecule has 0 spiro atoms. The molecule has 0 saturated heterocycles. The van der Waals surface area contributed by atoms with Crippen molar-refractivity contribution in [2.24, 2.45) is 0 Å². The van der Waals surface area contributed by atoms with Crippen LogP contribution in [0.3, 0.4) is 0 Å². The van der Waals surface area contributed by atoms with Crippen molar-refractivity contribution in [2.75, 3.05) is 16.0 Å². The van der Waals surface area contributed by atoms with Crippen LogP contribution in [0.15, 0.2) is 78.0 Å². The van der Waals surface area contributed by atoms with Crippen molar-refractivity contribution in [3.63, 3.8) is 0 Å². The first kappa shape index (κ1) is 21.4. The minimum Gasteiger partial charge on any atom is -0.478 e. The van der Waals surface area contributed by atoms with E-state index in [4.69, 9.17) is 0 Å². The highest BCUT2D eigenvalue weighted by Crippen LogP contribution is 2.29. The predicted octanol–water partition coefficient (Wildman–Crippen LogP) is 5.06. The quantitative estimate of drug-likeness (QED) is 0.495. The third-order valence-electron chi connectivity index (χ3n) is 4.32. The van der Waals surface area contributed by atoms with Crippen LogP contribution in [0.2, 0.25) is 0 Å². The largest absolute Gasteiger partial charge is 0.478 e. The lowest BCUT2D eigenvalue weighted by atomic mass is 10.2. The van der Waals surface area contributed by atoms with Crippen molar-refractivity contribution in [1.82, 2.24) is 4.98 Å². The Bertz CT molecular complexity index is 1010. The minimum absolute atomic E-state index is 0.0706. The Morgan fingerprint density at radius 2 is 1.67 bits per heavy atom. The van der Waals surface area contributed by atoms with Crippen molar-refractivity contribution in [3.8, 4) is 0 Å². The number of aromatic carboxylic acids is 1. The molecule has 0 unspecified atom stereocenters. The molecule has 0 aliphatic carbocycles. The standard InChI is InChI=1S/C23H23N3O3S/c1-16(2)26(18-7-4-3-5-8-18)19-12-10-17(11-13-19)25-21(27)15-30-22-20(23(28)29)9-6-14-24-22/h3-14,16H,15H2,1-2H3,(H,25,27)(H,28,29). The number of aromatic nitrogens is 1. The van der Waals surface area contributed by atoms with E-state index in [-0.39, 0.29) is 23.3 Å². The molecule has 6 nitrogen and oxygen atoms in total. The fourth-order valence-electron chi connectivity index (χ4n) is 3.04. The molecular weight excluding hydrogens is 398 g/mol. The summed E-state index contributed by atoms with van der Waals surface area (Å²) in [6.45, 7) is 4.26. The summed E-state index contributed by atoms with van der Waals surface area (Å²) in [7, 11) is 0. The maximum atomic E-state index is 12.3. The van der Waals surface area contributed by atoms with Crippen LogP contribution >= 0.6 is 11.8 Å². The Kier molecular flexibility index (Phi) is 7.08. The van der Waals surface area contributed by atoms with Gasteiger partial charge in [-0.15, -0.1) is 0 Å². The van der Waals surface area contributed by atoms with Crippen LogP contribution in [0.25, 0.3) is 0 Å². The van der Waals surface area contributed by atoms with E-state index in [1.54, 1.807) is 6.07 Å². The number of hydrogen-bond acceptors (Lipinski definition) is 5. The molecule has 3 rings (SSSR count). The maximum Gasteiger partial charge on any atom is 0.338 e. The lowest BCUT2D eigenvalue weighted by Crippen LogP contribution is -2.25. The molecule has 0 aliphatic heterocycles. The lowest BCUT2D eigenvalue weighted by Gasteiger charge is -2.29. The van der Waals surface area contributed by atoms with Gasteiger partial charge >= 0.3 is 5.97 Å². The number of amides is 1. The van der Waals surface area contributed by atoms with Crippen molar-refractivity contribution >= 4 is 40.7 Å². The molecule has 7 heteroatoms. The zero-order valence-electron chi connectivity index (χ0n) is 16.8. The summed E-state index contributed by atoms with van der Waals surface area (Å²) in [6.07, 6.45) is 1.51. The molecular formula is C23H23N3O3S. The molecule has 2 aromatic carbocycles. The number of carboxylic acids is 1. The van der Waals surface area contributed by atoms with Gasteiger partial charge in [-0.25, -0.2) is 9.78 Å². The number of nitrogens with zero attached hydrogens (tertiary/aromatic N) is 2. The molecule has 3 aromatic rings. The van der Waals surface area contributed by atoms with Gasteiger partial charge in [0.05, 0.1) is 11.3 Å². The first-order valence-electron chi connectivity index (χ1n) is 9.51. The van der Waals surface area contributed by atoms with Gasteiger partial charge in [-0.2, -0.15) is 0 Å². The van der Waals surface area contributed by atoms with E-state index in [0.29, 0.717) is 10.7 Å². The molecule has 1 aromatic heterocycles. The van der Waals surface area contributed by atoms with Gasteiger partial charge in [0.2, 0.25) is 5.91 Å². The third kappa shape index (κ3) is 5.39. The number of hydrogen-bond donors (Lipinski definition) is 2. The molecule has 2 N–H and O–H groups in total. The number of nitrogens with one attached hydrogen (secondary N) is 1. The number of benzene rings is 2. The molecule has 0 bridgehead atoms. The number of carbonyl (C=O) groups excluding carboxylic acids is 1. The maximum absolute atomic E-state index is 12.3. The highest BCUT2D eigenvalue weighted by Gasteiger charge is 2.14. The van der Waals surface area contributed by atoms with Gasteiger partial charge in [-0.3, -0.25) is 4.79 Å². The van der Waals surface area contributed by atoms with Crippen molar-refractivity contribution in [2.45, 2.75) is 24.9 Å². The molecule has 0 saturated carbocycles.